The zero-order valence-electron chi connectivity index (χ0n) is 9.80. The van der Waals surface area contributed by atoms with E-state index in [-0.39, 0.29) is 6.61 Å². The molecule has 19 heavy (non-hydrogen) atoms. The van der Waals surface area contributed by atoms with Crippen molar-refractivity contribution in [2.75, 3.05) is 0 Å². The van der Waals surface area contributed by atoms with Crippen molar-refractivity contribution < 1.29 is 29.9 Å². The topological polar surface area (TPSA) is 9.23 Å². The second kappa shape index (κ2) is 8.62. The van der Waals surface area contributed by atoms with E-state index in [1.165, 1.54) is 28.5 Å². The minimum atomic E-state index is -0.622. The zero-order chi connectivity index (χ0) is 14.3. The summed E-state index contributed by atoms with van der Waals surface area (Å²) in [6, 6.07) is 10.9. The second-order valence-electron chi connectivity index (χ2n) is 3.44. The van der Waals surface area contributed by atoms with Crippen molar-refractivity contribution in [2.24, 2.45) is 0 Å². The predicted octanol–water partition coefficient (Wildman–Crippen LogP) is 4.84. The molecule has 0 saturated heterocycles. The standard InChI is InChI=1S/C13H8ClF2O.BrH.Zn/c14-10-1-3-13(4-2-10)17-8-9-5-11(15)7-12(16)6-9;;/h1-3,5-7H,8H2;1H;/q-1;;+2/p-1. The number of ether oxygens (including phenoxy) is 1. The summed E-state index contributed by atoms with van der Waals surface area (Å²) >= 11 is 9.93. The molecule has 0 bridgehead atoms. The summed E-state index contributed by atoms with van der Waals surface area (Å²) < 4.78 is 31.1. The Labute approximate surface area is 132 Å². The van der Waals surface area contributed by atoms with Crippen molar-refractivity contribution >= 4 is 25.2 Å². The Morgan fingerprint density at radius 2 is 1.79 bits per heavy atom. The molecule has 0 unspecified atom stereocenters. The van der Waals surface area contributed by atoms with Crippen LogP contribution in [0.1, 0.15) is 5.56 Å². The minimum absolute atomic E-state index is 0.0762. The van der Waals surface area contributed by atoms with E-state index in [9.17, 15) is 8.78 Å². The monoisotopic (exact) mass is 396 g/mol. The molecule has 0 aliphatic heterocycles. The molecule has 2 aromatic carbocycles. The quantitative estimate of drug-likeness (QED) is 0.531. The Balaban J connectivity index is 0.000000861. The average Bonchev–Trinajstić information content (AvgIpc) is 2.39. The van der Waals surface area contributed by atoms with Crippen LogP contribution in [0.4, 0.5) is 8.78 Å². The molecule has 0 aliphatic rings. The van der Waals surface area contributed by atoms with Crippen molar-refractivity contribution in [1.29, 1.82) is 0 Å². The molecular weight excluding hydrogens is 391 g/mol. The molecule has 0 aliphatic carbocycles. The molecule has 1 nitrogen and oxygen atoms in total. The maximum atomic E-state index is 12.9. The van der Waals surface area contributed by atoms with Gasteiger partial charge < -0.3 is 4.74 Å². The third kappa shape index (κ3) is 5.98. The van der Waals surface area contributed by atoms with Crippen LogP contribution in [0.15, 0.2) is 36.4 Å². The zero-order valence-corrected chi connectivity index (χ0v) is 15.1. The Morgan fingerprint density at radius 1 is 1.16 bits per heavy atom. The molecule has 0 heterocycles. The molecular formula is C13H8BrClF2OZn. The van der Waals surface area contributed by atoms with Gasteiger partial charge in [-0.1, -0.05) is 5.02 Å². The number of halogens is 4. The molecule has 0 N–H and O–H groups in total. The van der Waals surface area contributed by atoms with Gasteiger partial charge in [-0.2, -0.15) is 23.7 Å². The Bertz CT molecular complexity index is 502. The first-order valence-corrected chi connectivity index (χ1v) is 12.5. The summed E-state index contributed by atoms with van der Waals surface area (Å²) in [5, 5.41) is 0.550. The van der Waals surface area contributed by atoms with Crippen molar-refractivity contribution in [3.63, 3.8) is 0 Å². The number of hydrogen-bond acceptors (Lipinski definition) is 1. The Hall–Kier alpha value is -0.507. The molecule has 0 fully saturated rings. The summed E-state index contributed by atoms with van der Waals surface area (Å²) in [4.78, 5) is 0. The molecule has 0 radical (unpaired) electrons. The fourth-order valence-corrected chi connectivity index (χ4v) is 1.45. The second-order valence-corrected chi connectivity index (χ2v) is 3.87. The van der Waals surface area contributed by atoms with E-state index < -0.39 is 11.6 Å². The molecule has 0 aromatic heterocycles. The molecule has 2 aromatic rings. The molecule has 0 atom stereocenters. The van der Waals surface area contributed by atoms with Gasteiger partial charge in [0.15, 0.2) is 0 Å². The Morgan fingerprint density at radius 3 is 2.32 bits per heavy atom. The van der Waals surface area contributed by atoms with Gasteiger partial charge >= 0.3 is 30.0 Å². The molecule has 96 valence electrons. The van der Waals surface area contributed by atoms with Gasteiger partial charge in [-0.3, -0.25) is 0 Å². The van der Waals surface area contributed by atoms with Crippen LogP contribution >= 0.6 is 25.2 Å². The van der Waals surface area contributed by atoms with Gasteiger partial charge in [0.1, 0.15) is 18.2 Å². The average molecular weight is 399 g/mol. The number of benzene rings is 2. The van der Waals surface area contributed by atoms with Crippen LogP contribution in [0.2, 0.25) is 5.02 Å². The first-order valence-electron chi connectivity index (χ1n) is 5.15. The number of hydrogen-bond donors (Lipinski definition) is 0. The van der Waals surface area contributed by atoms with Crippen LogP contribution in [0.25, 0.3) is 0 Å². The molecule has 0 amide bonds. The molecule has 0 spiro atoms. The van der Waals surface area contributed by atoms with E-state index in [1.54, 1.807) is 18.2 Å². The van der Waals surface area contributed by atoms with Crippen molar-refractivity contribution in [3.05, 3.63) is 64.7 Å². The van der Waals surface area contributed by atoms with Gasteiger partial charge in [0.25, 0.3) is 0 Å². The molecule has 0 saturated carbocycles. The third-order valence-corrected chi connectivity index (χ3v) is 2.30. The van der Waals surface area contributed by atoms with E-state index in [4.69, 9.17) is 16.3 Å². The van der Waals surface area contributed by atoms with Crippen LogP contribution in [-0.2, 0) is 22.9 Å². The van der Waals surface area contributed by atoms with Gasteiger partial charge in [-0.25, -0.2) is 8.78 Å². The first kappa shape index (κ1) is 16.5. The SMILES string of the molecule is Fc1cc(F)cc(COc2[c-]cc(Cl)cc2)c1.[Zn+][Br]. The van der Waals surface area contributed by atoms with Crippen molar-refractivity contribution in [2.45, 2.75) is 6.61 Å². The maximum absolute atomic E-state index is 12.9. The summed E-state index contributed by atoms with van der Waals surface area (Å²) in [6.07, 6.45) is 0. The summed E-state index contributed by atoms with van der Waals surface area (Å²) in [5.41, 5.74) is 0.422. The van der Waals surface area contributed by atoms with Crippen LogP contribution in [0.5, 0.6) is 5.75 Å². The van der Waals surface area contributed by atoms with Gasteiger partial charge in [-0.05, 0) is 17.7 Å². The fraction of sp³-hybridized carbons (Fsp3) is 0.0769. The van der Waals surface area contributed by atoms with Crippen LogP contribution in [0.3, 0.4) is 0 Å². The molecule has 6 heteroatoms. The van der Waals surface area contributed by atoms with Crippen molar-refractivity contribution in [1.82, 2.24) is 0 Å². The normalized spacial score (nSPS) is 9.58. The first-order chi connectivity index (χ1) is 9.13. The van der Waals surface area contributed by atoms with Crippen molar-refractivity contribution in [3.8, 4) is 5.75 Å². The van der Waals surface area contributed by atoms with Crippen LogP contribution in [0, 0.1) is 17.7 Å². The number of rotatable bonds is 3. The van der Waals surface area contributed by atoms with Crippen LogP contribution in [-0.4, -0.2) is 0 Å². The van der Waals surface area contributed by atoms with Gasteiger partial charge in [-0.15, -0.1) is 12.1 Å². The summed E-state index contributed by atoms with van der Waals surface area (Å²) in [7, 11) is 0. The fourth-order valence-electron chi connectivity index (χ4n) is 1.34. The van der Waals surface area contributed by atoms with Gasteiger partial charge in [0.05, 0.1) is 0 Å². The van der Waals surface area contributed by atoms with E-state index >= 15 is 0 Å². The van der Waals surface area contributed by atoms with E-state index in [0.717, 1.165) is 6.07 Å². The predicted molar refractivity (Wildman–Crippen MR) is 69.9 cm³/mol. The summed E-state index contributed by atoms with van der Waals surface area (Å²) in [5.74, 6) is -0.772. The third-order valence-electron chi connectivity index (χ3n) is 2.06. The van der Waals surface area contributed by atoms with E-state index in [0.29, 0.717) is 16.3 Å². The Kier molecular flexibility index (Phi) is 7.51. The van der Waals surface area contributed by atoms with Gasteiger partial charge in [0.2, 0.25) is 0 Å². The molecule has 2 rings (SSSR count). The van der Waals surface area contributed by atoms with Crippen LogP contribution < -0.4 is 4.74 Å². The summed E-state index contributed by atoms with van der Waals surface area (Å²) in [6.45, 7) is 0.0762. The van der Waals surface area contributed by atoms with E-state index in [1.807, 2.05) is 0 Å². The van der Waals surface area contributed by atoms with E-state index in [2.05, 4.69) is 19.7 Å². The van der Waals surface area contributed by atoms with Gasteiger partial charge in [0, 0.05) is 11.8 Å².